The number of carbonyl (C=O) groups is 2. The topological polar surface area (TPSA) is 68.5 Å². The van der Waals surface area contributed by atoms with Gasteiger partial charge in [-0.3, -0.25) is 4.79 Å². The number of halogens is 4. The fourth-order valence-electron chi connectivity index (χ4n) is 1.56. The summed E-state index contributed by atoms with van der Waals surface area (Å²) in [6.45, 7) is -0.733. The van der Waals surface area contributed by atoms with Crippen molar-refractivity contribution in [2.75, 3.05) is 11.9 Å². The van der Waals surface area contributed by atoms with Gasteiger partial charge in [0.1, 0.15) is 5.76 Å². The van der Waals surface area contributed by atoms with Gasteiger partial charge in [0.25, 0.3) is 5.91 Å². The summed E-state index contributed by atoms with van der Waals surface area (Å²) in [6, 6.07) is 4.72. The van der Waals surface area contributed by atoms with Gasteiger partial charge in [-0.15, -0.1) is 0 Å². The Kier molecular flexibility index (Phi) is 5.80. The van der Waals surface area contributed by atoms with E-state index < -0.39 is 41.6 Å². The normalized spacial score (nSPS) is 10.8. The Morgan fingerprint density at radius 2 is 1.92 bits per heavy atom. The van der Waals surface area contributed by atoms with E-state index in [1.54, 1.807) is 12.1 Å². The van der Waals surface area contributed by atoms with Crippen LogP contribution in [0.15, 0.2) is 39.4 Å². The molecule has 5 nitrogen and oxygen atoms in total. The highest BCUT2D eigenvalue weighted by Crippen LogP contribution is 2.19. The van der Waals surface area contributed by atoms with Gasteiger partial charge >= 0.3 is 5.97 Å². The smallest absolute Gasteiger partial charge is 0.331 e. The molecule has 0 aliphatic carbocycles. The van der Waals surface area contributed by atoms with E-state index in [0.717, 1.165) is 12.1 Å². The van der Waals surface area contributed by atoms with E-state index in [0.29, 0.717) is 16.5 Å². The molecule has 0 atom stereocenters. The number of furan rings is 1. The summed E-state index contributed by atoms with van der Waals surface area (Å²) in [5, 5.41) is 1.96. The van der Waals surface area contributed by atoms with Gasteiger partial charge < -0.3 is 14.5 Å². The minimum absolute atomic E-state index is 0.382. The minimum atomic E-state index is -1.71. The van der Waals surface area contributed by atoms with E-state index in [1.807, 2.05) is 5.32 Å². The maximum atomic E-state index is 13.4. The van der Waals surface area contributed by atoms with Gasteiger partial charge in [-0.05, 0) is 46.3 Å². The van der Waals surface area contributed by atoms with Gasteiger partial charge in [0, 0.05) is 6.08 Å². The largest absolute Gasteiger partial charge is 0.452 e. The molecular formula is C15H9BrF3NO4. The Labute approximate surface area is 142 Å². The third-order valence-electron chi connectivity index (χ3n) is 2.63. The molecule has 0 aliphatic heterocycles. The Hall–Kier alpha value is -2.55. The molecule has 0 saturated heterocycles. The van der Waals surface area contributed by atoms with Crippen LogP contribution in [0.1, 0.15) is 5.76 Å². The minimum Gasteiger partial charge on any atom is -0.452 e. The van der Waals surface area contributed by atoms with Crippen LogP contribution in [0.2, 0.25) is 0 Å². The van der Waals surface area contributed by atoms with Crippen LogP contribution in [0.3, 0.4) is 0 Å². The molecule has 0 aliphatic rings. The van der Waals surface area contributed by atoms with Crippen LogP contribution >= 0.6 is 15.9 Å². The second-order valence-corrected chi connectivity index (χ2v) is 5.14. The number of nitrogens with one attached hydrogen (secondary N) is 1. The molecule has 0 bridgehead atoms. The lowest BCUT2D eigenvalue weighted by Gasteiger charge is -2.07. The highest BCUT2D eigenvalue weighted by Gasteiger charge is 2.15. The Balaban J connectivity index is 1.86. The maximum absolute atomic E-state index is 13.4. The van der Waals surface area contributed by atoms with E-state index in [1.165, 1.54) is 6.08 Å². The van der Waals surface area contributed by atoms with Crippen LogP contribution < -0.4 is 5.32 Å². The first-order valence-electron chi connectivity index (χ1n) is 6.40. The van der Waals surface area contributed by atoms with Crippen molar-refractivity contribution in [3.63, 3.8) is 0 Å². The van der Waals surface area contributed by atoms with Crippen molar-refractivity contribution >= 4 is 39.6 Å². The molecule has 126 valence electrons. The number of ether oxygens (including phenoxy) is 1. The standard InChI is InChI=1S/C15H9BrF3NO4/c16-11-5-1-8(24-11)2-6-13(22)23-7-12(21)20-10-4-3-9(17)14(18)15(10)19/h1-6H,7H2,(H,20,21). The summed E-state index contributed by atoms with van der Waals surface area (Å²) in [4.78, 5) is 22.9. The van der Waals surface area contributed by atoms with E-state index in [4.69, 9.17) is 4.42 Å². The zero-order chi connectivity index (χ0) is 17.7. The van der Waals surface area contributed by atoms with E-state index in [2.05, 4.69) is 20.7 Å². The number of benzene rings is 1. The number of anilines is 1. The molecule has 1 aromatic heterocycles. The first-order valence-corrected chi connectivity index (χ1v) is 7.19. The fourth-order valence-corrected chi connectivity index (χ4v) is 1.88. The molecule has 1 heterocycles. The number of hydrogen-bond donors (Lipinski definition) is 1. The molecule has 1 N–H and O–H groups in total. The van der Waals surface area contributed by atoms with Crippen molar-refractivity contribution < 1.29 is 31.9 Å². The lowest BCUT2D eigenvalue weighted by atomic mass is 10.3. The van der Waals surface area contributed by atoms with E-state index >= 15 is 0 Å². The molecule has 2 aromatic rings. The lowest BCUT2D eigenvalue weighted by Crippen LogP contribution is -2.21. The van der Waals surface area contributed by atoms with Gasteiger partial charge in [-0.2, -0.15) is 0 Å². The molecule has 2 rings (SSSR count). The van der Waals surface area contributed by atoms with Crippen molar-refractivity contribution in [3.05, 3.63) is 58.2 Å². The number of rotatable bonds is 5. The second kappa shape index (κ2) is 7.82. The van der Waals surface area contributed by atoms with Gasteiger partial charge in [0.15, 0.2) is 28.7 Å². The van der Waals surface area contributed by atoms with Gasteiger partial charge in [0.05, 0.1) is 5.69 Å². The van der Waals surface area contributed by atoms with Crippen molar-refractivity contribution in [2.45, 2.75) is 0 Å². The first kappa shape index (κ1) is 17.8. The summed E-state index contributed by atoms with van der Waals surface area (Å²) in [6.07, 6.45) is 2.34. The predicted molar refractivity (Wildman–Crippen MR) is 81.3 cm³/mol. The van der Waals surface area contributed by atoms with Crippen LogP contribution in [0.25, 0.3) is 6.08 Å². The molecule has 9 heteroatoms. The van der Waals surface area contributed by atoms with Crippen molar-refractivity contribution in [1.82, 2.24) is 0 Å². The molecule has 0 saturated carbocycles. The lowest BCUT2D eigenvalue weighted by molar-refractivity contribution is -0.142. The SMILES string of the molecule is O=C(COC(=O)C=Cc1ccc(Br)o1)Nc1ccc(F)c(F)c1F. The van der Waals surface area contributed by atoms with Gasteiger partial charge in [-0.25, -0.2) is 18.0 Å². The van der Waals surface area contributed by atoms with E-state index in [9.17, 15) is 22.8 Å². The van der Waals surface area contributed by atoms with Crippen LogP contribution in [0.4, 0.5) is 18.9 Å². The fraction of sp³-hybridized carbons (Fsp3) is 0.0667. The van der Waals surface area contributed by atoms with E-state index in [-0.39, 0.29) is 0 Å². The summed E-state index contributed by atoms with van der Waals surface area (Å²) in [5.41, 5.74) is -0.564. The number of hydrogen-bond acceptors (Lipinski definition) is 4. The number of amides is 1. The average molecular weight is 404 g/mol. The molecule has 0 radical (unpaired) electrons. The predicted octanol–water partition coefficient (Wildman–Crippen LogP) is 3.65. The number of carbonyl (C=O) groups excluding carboxylic acids is 2. The Morgan fingerprint density at radius 3 is 2.58 bits per heavy atom. The molecule has 0 fully saturated rings. The molecule has 0 unspecified atom stereocenters. The van der Waals surface area contributed by atoms with Crippen molar-refractivity contribution in [1.29, 1.82) is 0 Å². The molecule has 1 amide bonds. The highest BCUT2D eigenvalue weighted by molar-refractivity contribution is 9.10. The van der Waals surface area contributed by atoms with Crippen molar-refractivity contribution in [3.8, 4) is 0 Å². The number of esters is 1. The summed E-state index contributed by atoms with van der Waals surface area (Å²) >= 11 is 3.09. The second-order valence-electron chi connectivity index (χ2n) is 4.35. The zero-order valence-corrected chi connectivity index (χ0v) is 13.4. The van der Waals surface area contributed by atoms with Gasteiger partial charge in [-0.1, -0.05) is 0 Å². The van der Waals surface area contributed by atoms with Crippen molar-refractivity contribution in [2.24, 2.45) is 0 Å². The van der Waals surface area contributed by atoms with Crippen LogP contribution in [0.5, 0.6) is 0 Å². The third-order valence-corrected chi connectivity index (χ3v) is 3.06. The van der Waals surface area contributed by atoms with Gasteiger partial charge in [0.2, 0.25) is 0 Å². The first-order chi connectivity index (χ1) is 11.4. The molecule has 0 spiro atoms. The summed E-state index contributed by atoms with van der Waals surface area (Å²) < 4.78 is 49.3. The monoisotopic (exact) mass is 403 g/mol. The molecule has 24 heavy (non-hydrogen) atoms. The Bertz CT molecular complexity index is 804. The molecular weight excluding hydrogens is 395 g/mol. The average Bonchev–Trinajstić information content (AvgIpc) is 2.97. The zero-order valence-electron chi connectivity index (χ0n) is 11.8. The maximum Gasteiger partial charge on any atom is 0.331 e. The van der Waals surface area contributed by atoms with Crippen LogP contribution in [-0.4, -0.2) is 18.5 Å². The summed E-state index contributed by atoms with van der Waals surface area (Å²) in [5.74, 6) is -6.01. The highest BCUT2D eigenvalue weighted by atomic mass is 79.9. The quantitative estimate of drug-likeness (QED) is 0.469. The van der Waals surface area contributed by atoms with Crippen LogP contribution in [0, 0.1) is 17.5 Å². The molecule has 1 aromatic carbocycles. The van der Waals surface area contributed by atoms with Crippen LogP contribution in [-0.2, 0) is 14.3 Å². The summed E-state index contributed by atoms with van der Waals surface area (Å²) in [7, 11) is 0. The Morgan fingerprint density at radius 1 is 1.17 bits per heavy atom. The third kappa shape index (κ3) is 4.72.